The number of benzene rings is 2. The Hall–Kier alpha value is -2.19. The molecular formula is C20H21F3N2O2S. The van der Waals surface area contributed by atoms with Crippen LogP contribution in [0, 0.1) is 0 Å². The smallest absolute Gasteiger partial charge is 0.378 e. The van der Waals surface area contributed by atoms with Gasteiger partial charge in [0.1, 0.15) is 0 Å². The minimum absolute atomic E-state index is 0.169. The molecule has 28 heavy (non-hydrogen) atoms. The van der Waals surface area contributed by atoms with Crippen molar-refractivity contribution >= 4 is 29.0 Å². The van der Waals surface area contributed by atoms with Crippen LogP contribution >= 0.6 is 11.8 Å². The Balaban J connectivity index is 1.82. The van der Waals surface area contributed by atoms with Gasteiger partial charge in [-0.15, -0.1) is 11.8 Å². The van der Waals surface area contributed by atoms with Crippen molar-refractivity contribution in [3.63, 3.8) is 0 Å². The largest absolute Gasteiger partial charge is 0.416 e. The van der Waals surface area contributed by atoms with Gasteiger partial charge in [-0.05, 0) is 37.3 Å². The molecule has 1 unspecified atom stereocenters. The Morgan fingerprint density at radius 1 is 1.14 bits per heavy atom. The Morgan fingerprint density at radius 3 is 2.46 bits per heavy atom. The lowest BCUT2D eigenvalue weighted by Crippen LogP contribution is -2.37. The Bertz CT molecular complexity index is 809. The number of anilines is 2. The normalized spacial score (nSPS) is 15.9. The van der Waals surface area contributed by atoms with Gasteiger partial charge >= 0.3 is 6.18 Å². The standard InChI is InChI=1S/C20H21F3N2O2S/c1-14(28-16-5-3-2-4-6-16)19(26)24-17-13-15(20(21,22)23)7-8-18(17)25-9-11-27-12-10-25/h2-8,13-14H,9-12H2,1H3,(H,24,26). The van der Waals surface area contributed by atoms with Crippen LogP contribution in [0.25, 0.3) is 0 Å². The minimum Gasteiger partial charge on any atom is -0.378 e. The highest BCUT2D eigenvalue weighted by molar-refractivity contribution is 8.00. The van der Waals surface area contributed by atoms with Crippen LogP contribution in [0.4, 0.5) is 24.5 Å². The van der Waals surface area contributed by atoms with Gasteiger partial charge in [0.05, 0.1) is 35.4 Å². The highest BCUT2D eigenvalue weighted by Crippen LogP contribution is 2.36. The monoisotopic (exact) mass is 410 g/mol. The minimum atomic E-state index is -4.48. The van der Waals surface area contributed by atoms with E-state index in [-0.39, 0.29) is 11.6 Å². The fourth-order valence-corrected chi connectivity index (χ4v) is 3.77. The molecule has 0 aliphatic carbocycles. The van der Waals surface area contributed by atoms with Crippen molar-refractivity contribution in [2.75, 3.05) is 36.5 Å². The third kappa shape index (κ3) is 5.20. The summed E-state index contributed by atoms with van der Waals surface area (Å²) in [6, 6.07) is 12.9. The lowest BCUT2D eigenvalue weighted by molar-refractivity contribution is -0.137. The lowest BCUT2D eigenvalue weighted by Gasteiger charge is -2.31. The van der Waals surface area contributed by atoms with Gasteiger partial charge in [0.2, 0.25) is 5.91 Å². The van der Waals surface area contributed by atoms with Crippen LogP contribution < -0.4 is 10.2 Å². The number of morpholine rings is 1. The number of halogens is 3. The number of rotatable bonds is 5. The SMILES string of the molecule is CC(Sc1ccccc1)C(=O)Nc1cc(C(F)(F)F)ccc1N1CCOCC1. The van der Waals surface area contributed by atoms with E-state index in [1.54, 1.807) is 6.92 Å². The predicted octanol–water partition coefficient (Wildman–Crippen LogP) is 4.66. The molecule has 2 aromatic carbocycles. The van der Waals surface area contributed by atoms with E-state index in [2.05, 4.69) is 5.32 Å². The summed E-state index contributed by atoms with van der Waals surface area (Å²) >= 11 is 1.35. The Kier molecular flexibility index (Phi) is 6.51. The van der Waals surface area contributed by atoms with Crippen LogP contribution in [0.2, 0.25) is 0 Å². The molecule has 3 rings (SSSR count). The van der Waals surface area contributed by atoms with Gasteiger partial charge in [-0.3, -0.25) is 4.79 Å². The first kappa shape index (κ1) is 20.5. The number of nitrogens with one attached hydrogen (secondary N) is 1. The van der Waals surface area contributed by atoms with Crippen molar-refractivity contribution in [3.05, 3.63) is 54.1 Å². The molecule has 1 amide bonds. The van der Waals surface area contributed by atoms with Crippen molar-refractivity contribution in [1.29, 1.82) is 0 Å². The molecule has 0 saturated carbocycles. The quantitative estimate of drug-likeness (QED) is 0.728. The molecule has 0 radical (unpaired) electrons. The number of hydrogen-bond donors (Lipinski definition) is 1. The zero-order valence-corrected chi connectivity index (χ0v) is 16.1. The van der Waals surface area contributed by atoms with Gasteiger partial charge in [0.25, 0.3) is 0 Å². The second-order valence-electron chi connectivity index (χ2n) is 6.39. The van der Waals surface area contributed by atoms with Crippen LogP contribution in [0.3, 0.4) is 0 Å². The molecule has 1 saturated heterocycles. The molecule has 1 atom stereocenters. The second kappa shape index (κ2) is 8.87. The molecule has 0 aromatic heterocycles. The number of thioether (sulfide) groups is 1. The summed E-state index contributed by atoms with van der Waals surface area (Å²) in [5.41, 5.74) is -0.0491. The van der Waals surface area contributed by atoms with Gasteiger partial charge in [-0.1, -0.05) is 18.2 Å². The number of nitrogens with zero attached hydrogens (tertiary/aromatic N) is 1. The molecule has 4 nitrogen and oxygen atoms in total. The van der Waals surface area contributed by atoms with Crippen molar-refractivity contribution in [2.45, 2.75) is 23.2 Å². The molecule has 150 valence electrons. The zero-order valence-electron chi connectivity index (χ0n) is 15.3. The number of amides is 1. The predicted molar refractivity (Wildman–Crippen MR) is 105 cm³/mol. The lowest BCUT2D eigenvalue weighted by atomic mass is 10.1. The average Bonchev–Trinajstić information content (AvgIpc) is 2.68. The second-order valence-corrected chi connectivity index (χ2v) is 7.81. The number of carbonyl (C=O) groups is 1. The maximum Gasteiger partial charge on any atom is 0.416 e. The maximum atomic E-state index is 13.2. The van der Waals surface area contributed by atoms with E-state index < -0.39 is 17.0 Å². The van der Waals surface area contributed by atoms with Crippen molar-refractivity contribution in [1.82, 2.24) is 0 Å². The Labute approximate surface area is 166 Å². The number of ether oxygens (including phenoxy) is 1. The average molecular weight is 410 g/mol. The van der Waals surface area contributed by atoms with E-state index in [9.17, 15) is 18.0 Å². The molecule has 1 aliphatic rings. The van der Waals surface area contributed by atoms with Gasteiger partial charge in [0.15, 0.2) is 0 Å². The molecule has 1 aliphatic heterocycles. The first-order chi connectivity index (χ1) is 13.3. The molecule has 2 aromatic rings. The van der Waals surface area contributed by atoms with Gasteiger partial charge in [0, 0.05) is 18.0 Å². The summed E-state index contributed by atoms with van der Waals surface area (Å²) in [6.45, 7) is 3.84. The van der Waals surface area contributed by atoms with E-state index in [4.69, 9.17) is 4.74 Å². The van der Waals surface area contributed by atoms with E-state index in [1.807, 2.05) is 35.2 Å². The summed E-state index contributed by atoms with van der Waals surface area (Å²) in [5, 5.41) is 2.23. The number of hydrogen-bond acceptors (Lipinski definition) is 4. The zero-order chi connectivity index (χ0) is 20.1. The Morgan fingerprint density at radius 2 is 1.82 bits per heavy atom. The van der Waals surface area contributed by atoms with Gasteiger partial charge in [-0.25, -0.2) is 0 Å². The van der Waals surface area contributed by atoms with Gasteiger partial charge < -0.3 is 15.0 Å². The topological polar surface area (TPSA) is 41.6 Å². The van der Waals surface area contributed by atoms with Crippen LogP contribution in [0.5, 0.6) is 0 Å². The molecule has 1 N–H and O–H groups in total. The molecule has 8 heteroatoms. The van der Waals surface area contributed by atoms with Crippen LogP contribution in [-0.2, 0) is 15.7 Å². The summed E-state index contributed by atoms with van der Waals surface area (Å²) < 4.78 is 44.8. The van der Waals surface area contributed by atoms with E-state index in [0.717, 1.165) is 17.0 Å². The van der Waals surface area contributed by atoms with E-state index >= 15 is 0 Å². The van der Waals surface area contributed by atoms with Crippen LogP contribution in [0.15, 0.2) is 53.4 Å². The highest BCUT2D eigenvalue weighted by atomic mass is 32.2. The number of carbonyl (C=O) groups excluding carboxylic acids is 1. The number of alkyl halides is 3. The summed E-state index contributed by atoms with van der Waals surface area (Å²) in [6.07, 6.45) is -4.48. The molecule has 1 heterocycles. The van der Waals surface area contributed by atoms with E-state index in [1.165, 1.54) is 17.8 Å². The van der Waals surface area contributed by atoms with Crippen LogP contribution in [0.1, 0.15) is 12.5 Å². The third-order valence-electron chi connectivity index (χ3n) is 4.36. The first-order valence-corrected chi connectivity index (χ1v) is 9.79. The summed E-state index contributed by atoms with van der Waals surface area (Å²) in [4.78, 5) is 15.5. The van der Waals surface area contributed by atoms with E-state index in [0.29, 0.717) is 32.0 Å². The van der Waals surface area contributed by atoms with Gasteiger partial charge in [-0.2, -0.15) is 13.2 Å². The fraction of sp³-hybridized carbons (Fsp3) is 0.350. The molecular weight excluding hydrogens is 389 g/mol. The highest BCUT2D eigenvalue weighted by Gasteiger charge is 2.32. The third-order valence-corrected chi connectivity index (χ3v) is 5.47. The van der Waals surface area contributed by atoms with Crippen LogP contribution in [-0.4, -0.2) is 37.5 Å². The molecule has 1 fully saturated rings. The van der Waals surface area contributed by atoms with Crippen molar-refractivity contribution in [3.8, 4) is 0 Å². The fourth-order valence-electron chi connectivity index (χ4n) is 2.88. The molecule has 0 bridgehead atoms. The summed E-state index contributed by atoms with van der Waals surface area (Å²) in [5.74, 6) is -0.345. The molecule has 0 spiro atoms. The van der Waals surface area contributed by atoms with Crippen molar-refractivity contribution in [2.24, 2.45) is 0 Å². The first-order valence-electron chi connectivity index (χ1n) is 8.91. The summed E-state index contributed by atoms with van der Waals surface area (Å²) in [7, 11) is 0. The maximum absolute atomic E-state index is 13.2. The van der Waals surface area contributed by atoms with Crippen molar-refractivity contribution < 1.29 is 22.7 Å².